The number of rotatable bonds is 7. The number of aliphatic hydroxyl groups is 2. The smallest absolute Gasteiger partial charge is 0.325 e. The van der Waals surface area contributed by atoms with Gasteiger partial charge in [0.1, 0.15) is 30.9 Å². The molecule has 0 aromatic carbocycles. The number of carbonyl (C=O) groups excluding carboxylic acids is 2. The molecular formula is C20H25N8O9P. The molecule has 5 heterocycles. The van der Waals surface area contributed by atoms with Crippen molar-refractivity contribution in [2.75, 3.05) is 18.5 Å². The van der Waals surface area contributed by atoms with Crippen LogP contribution in [-0.4, -0.2) is 88.8 Å². The Bertz CT molecular complexity index is 1460. The third-order valence-electron chi connectivity index (χ3n) is 6.50. The monoisotopic (exact) mass is 552 g/mol. The summed E-state index contributed by atoms with van der Waals surface area (Å²) in [4.78, 5) is 60.7. The standard InChI is InChI=1S/C20H25N8O9P/c1-25-10-28(18-15(31)14(30)12(37-18)8-36-38(34,35)26-6-4-21-9-26)16-13(25)17(32)23-19(22-16)24-20(33)27-5-2-3-11(27)7-29/h4,6-7,9-12,14-15,18,30-31H,2-3,5,8H2,1H3,(H2-,22,23,24,32,33,34,35)/t11-,12+,14-,15?,18+/m0/s1. The number of hydrogen-bond acceptors (Lipinski definition) is 11. The van der Waals surface area contributed by atoms with E-state index in [1.54, 1.807) is 7.05 Å². The van der Waals surface area contributed by atoms with Crippen LogP contribution in [0.5, 0.6) is 0 Å². The van der Waals surface area contributed by atoms with E-state index in [0.29, 0.717) is 25.7 Å². The highest BCUT2D eigenvalue weighted by atomic mass is 31.2. The Balaban J connectivity index is 1.39. The van der Waals surface area contributed by atoms with Crippen molar-refractivity contribution >= 4 is 37.2 Å². The molecule has 5 rings (SSSR count). The summed E-state index contributed by atoms with van der Waals surface area (Å²) in [6, 6.07) is -1.19. The maximum atomic E-state index is 12.8. The molecule has 0 spiro atoms. The lowest BCUT2D eigenvalue weighted by Crippen LogP contribution is -2.46. The number of fused-ring (bicyclic) bond motifs is 1. The average Bonchev–Trinajstić information content (AvgIpc) is 3.67. The van der Waals surface area contributed by atoms with Crippen molar-refractivity contribution in [3.63, 3.8) is 0 Å². The molecule has 17 nitrogen and oxygen atoms in total. The Labute approximate surface area is 213 Å². The second-order valence-electron chi connectivity index (χ2n) is 8.94. The Morgan fingerprint density at radius 2 is 2.24 bits per heavy atom. The van der Waals surface area contributed by atoms with Gasteiger partial charge in [-0.25, -0.2) is 14.3 Å². The number of ether oxygens (including phenoxy) is 1. The highest BCUT2D eigenvalue weighted by molar-refractivity contribution is 7.49. The van der Waals surface area contributed by atoms with Gasteiger partial charge in [-0.3, -0.25) is 28.6 Å². The number of likely N-dealkylation sites (tertiary alicyclic amines) is 1. The van der Waals surface area contributed by atoms with E-state index in [1.165, 1.54) is 32.8 Å². The van der Waals surface area contributed by atoms with Crippen LogP contribution in [0.15, 0.2) is 29.8 Å². The summed E-state index contributed by atoms with van der Waals surface area (Å²) >= 11 is 0. The zero-order chi connectivity index (χ0) is 27.2. The molecule has 2 amide bonds. The molecule has 0 bridgehead atoms. The third-order valence-corrected chi connectivity index (χ3v) is 7.78. The predicted octanol–water partition coefficient (Wildman–Crippen LogP) is -2.41. The van der Waals surface area contributed by atoms with Gasteiger partial charge in [0.2, 0.25) is 19.5 Å². The summed E-state index contributed by atoms with van der Waals surface area (Å²) in [5.41, 5.74) is -0.532. The van der Waals surface area contributed by atoms with E-state index in [2.05, 4.69) is 20.3 Å². The summed E-state index contributed by atoms with van der Waals surface area (Å²) in [6.45, 7) is -0.240. The van der Waals surface area contributed by atoms with Crippen LogP contribution in [0.3, 0.4) is 0 Å². The number of nitrogens with one attached hydrogen (secondary N) is 2. The predicted molar refractivity (Wildman–Crippen MR) is 123 cm³/mol. The van der Waals surface area contributed by atoms with Crippen LogP contribution in [0.4, 0.5) is 10.7 Å². The van der Waals surface area contributed by atoms with Crippen LogP contribution in [-0.2, 0) is 25.7 Å². The zero-order valence-corrected chi connectivity index (χ0v) is 20.9. The summed E-state index contributed by atoms with van der Waals surface area (Å²) in [5.74, 6) is -0.204. The molecule has 38 heavy (non-hydrogen) atoms. The highest BCUT2D eigenvalue weighted by Gasteiger charge is 2.47. The van der Waals surface area contributed by atoms with Crippen molar-refractivity contribution < 1.29 is 43.1 Å². The summed E-state index contributed by atoms with van der Waals surface area (Å²) < 4.78 is 26.4. The molecule has 6 atom stereocenters. The Hall–Kier alpha value is -3.47. The van der Waals surface area contributed by atoms with Gasteiger partial charge in [-0.05, 0) is 12.8 Å². The van der Waals surface area contributed by atoms with Crippen molar-refractivity contribution in [3.8, 4) is 0 Å². The fourth-order valence-electron chi connectivity index (χ4n) is 4.58. The van der Waals surface area contributed by atoms with E-state index >= 15 is 0 Å². The van der Waals surface area contributed by atoms with Crippen LogP contribution >= 0.6 is 7.75 Å². The number of nitrogens with zero attached hydrogens (tertiary/aromatic N) is 6. The van der Waals surface area contributed by atoms with Gasteiger partial charge < -0.3 is 34.1 Å². The van der Waals surface area contributed by atoms with Gasteiger partial charge >= 0.3 is 11.7 Å². The van der Waals surface area contributed by atoms with Crippen molar-refractivity contribution in [1.82, 2.24) is 28.8 Å². The van der Waals surface area contributed by atoms with Crippen LogP contribution in [0.2, 0.25) is 0 Å². The lowest BCUT2D eigenvalue weighted by molar-refractivity contribution is -0.745. The van der Waals surface area contributed by atoms with Crippen LogP contribution in [0, 0.1) is 0 Å². The Morgan fingerprint density at radius 3 is 2.95 bits per heavy atom. The van der Waals surface area contributed by atoms with E-state index in [4.69, 9.17) is 9.26 Å². The van der Waals surface area contributed by atoms with Crippen LogP contribution in [0.25, 0.3) is 11.2 Å². The van der Waals surface area contributed by atoms with Crippen LogP contribution < -0.4 is 20.3 Å². The molecule has 2 unspecified atom stereocenters. The van der Waals surface area contributed by atoms with Gasteiger partial charge in [0, 0.05) is 18.9 Å². The molecule has 4 N–H and O–H groups in total. The van der Waals surface area contributed by atoms with Gasteiger partial charge in [0.25, 0.3) is 11.5 Å². The first-order chi connectivity index (χ1) is 18.1. The Morgan fingerprint density at radius 1 is 1.45 bits per heavy atom. The first-order valence-electron chi connectivity index (χ1n) is 11.6. The number of H-pyrrole nitrogens is 1. The van der Waals surface area contributed by atoms with Gasteiger partial charge in [-0.1, -0.05) is 4.98 Å². The number of urea groups is 1. The van der Waals surface area contributed by atoms with E-state index in [1.807, 2.05) is 0 Å². The first kappa shape index (κ1) is 26.1. The number of hydrogen-bond donors (Lipinski definition) is 4. The Kier molecular flexibility index (Phi) is 6.89. The number of aryl methyl sites for hydroxylation is 1. The number of imidazole rings is 2. The summed E-state index contributed by atoms with van der Waals surface area (Å²) in [7, 11) is -3.02. The topological polar surface area (TPSA) is 221 Å². The molecule has 0 saturated carbocycles. The molecule has 204 valence electrons. The third kappa shape index (κ3) is 4.63. The zero-order valence-electron chi connectivity index (χ0n) is 20.0. The second kappa shape index (κ2) is 10.0. The number of aromatic amines is 1. The van der Waals surface area contributed by atoms with Crippen LogP contribution in [0.1, 0.15) is 19.1 Å². The average molecular weight is 552 g/mol. The quantitative estimate of drug-likeness (QED) is 0.137. The number of anilines is 1. The minimum atomic E-state index is -4.57. The lowest BCUT2D eigenvalue weighted by Gasteiger charge is -2.25. The maximum absolute atomic E-state index is 12.8. The minimum Gasteiger partial charge on any atom is -0.761 e. The molecule has 2 aliphatic rings. The van der Waals surface area contributed by atoms with Crippen molar-refractivity contribution in [2.45, 2.75) is 43.4 Å². The molecule has 0 aliphatic carbocycles. The molecule has 2 aliphatic heterocycles. The van der Waals surface area contributed by atoms with E-state index in [-0.39, 0.29) is 17.1 Å². The van der Waals surface area contributed by atoms with E-state index in [9.17, 15) is 34.1 Å². The molecule has 2 fully saturated rings. The number of amides is 2. The lowest BCUT2D eigenvalue weighted by atomic mass is 10.1. The first-order valence-corrected chi connectivity index (χ1v) is 13.1. The number of aromatic nitrogens is 6. The normalized spacial score (nSPS) is 27.1. The fraction of sp³-hybridized carbons (Fsp3) is 0.500. The molecule has 0 radical (unpaired) electrons. The molecule has 2 saturated heterocycles. The van der Waals surface area contributed by atoms with E-state index < -0.39 is 56.5 Å². The fourth-order valence-corrected chi connectivity index (χ4v) is 5.46. The second-order valence-corrected chi connectivity index (χ2v) is 10.6. The number of aliphatic hydroxyl groups excluding tert-OH is 2. The molecule has 3 aromatic heterocycles. The maximum Gasteiger partial charge on any atom is 0.325 e. The number of aldehydes is 1. The molecule has 18 heteroatoms. The van der Waals surface area contributed by atoms with Crippen molar-refractivity contribution in [1.29, 1.82) is 0 Å². The van der Waals surface area contributed by atoms with Crippen molar-refractivity contribution in [2.24, 2.45) is 7.05 Å². The summed E-state index contributed by atoms with van der Waals surface area (Å²) in [6.07, 6.45) is 1.12. The van der Waals surface area contributed by atoms with Gasteiger partial charge in [-0.2, -0.15) is 0 Å². The highest BCUT2D eigenvalue weighted by Crippen LogP contribution is 2.39. The summed E-state index contributed by atoms with van der Waals surface area (Å²) in [5, 5.41) is 23.7. The van der Waals surface area contributed by atoms with Crippen molar-refractivity contribution in [3.05, 3.63) is 35.4 Å². The van der Waals surface area contributed by atoms with Gasteiger partial charge in [0.05, 0.1) is 19.7 Å². The molecular weight excluding hydrogens is 527 g/mol. The van der Waals surface area contributed by atoms with Gasteiger partial charge in [-0.15, -0.1) is 0 Å². The van der Waals surface area contributed by atoms with Gasteiger partial charge in [0.15, 0.2) is 6.33 Å². The SMILES string of the molecule is Cn1c[n+]([C@@H]2O[C@H](COP(=O)([O-])n3ccnc3)[C@H](O)C2O)c2nc(NC(=O)N3CCC[C@H]3C=O)[nH]c(=O)c21. The minimum absolute atomic E-state index is 0.00522. The molecule has 3 aromatic rings. The number of carbonyl (C=O) groups is 2. The largest absolute Gasteiger partial charge is 0.761 e. The van der Waals surface area contributed by atoms with E-state index in [0.717, 1.165) is 10.7 Å².